The molecule has 0 aliphatic carbocycles. The van der Waals surface area contributed by atoms with Crippen LogP contribution >= 0.6 is 0 Å². The van der Waals surface area contributed by atoms with Crippen molar-refractivity contribution in [1.29, 1.82) is 0 Å². The van der Waals surface area contributed by atoms with Crippen LogP contribution in [0.25, 0.3) is 0 Å². The van der Waals surface area contributed by atoms with Crippen LogP contribution < -0.4 is 5.32 Å². The first-order valence-electron chi connectivity index (χ1n) is 7.99. The van der Waals surface area contributed by atoms with E-state index in [0.717, 1.165) is 38.0 Å². The van der Waals surface area contributed by atoms with E-state index in [-0.39, 0.29) is 0 Å². The average molecular weight is 278 g/mol. The van der Waals surface area contributed by atoms with Crippen LogP contribution in [-0.2, 0) is 4.74 Å². The third kappa shape index (κ3) is 3.62. The highest BCUT2D eigenvalue weighted by Crippen LogP contribution is 2.25. The molecular formula is C16H26N2O2. The smallest absolute Gasteiger partial charge is 0.122 e. The van der Waals surface area contributed by atoms with Crippen molar-refractivity contribution in [2.24, 2.45) is 5.92 Å². The van der Waals surface area contributed by atoms with Crippen molar-refractivity contribution < 1.29 is 9.15 Å². The summed E-state index contributed by atoms with van der Waals surface area (Å²) in [4.78, 5) is 2.55. The molecule has 20 heavy (non-hydrogen) atoms. The van der Waals surface area contributed by atoms with Crippen LogP contribution in [0.5, 0.6) is 0 Å². The Morgan fingerprint density at radius 1 is 1.25 bits per heavy atom. The zero-order chi connectivity index (χ0) is 13.6. The maximum atomic E-state index is 5.65. The molecule has 4 heteroatoms. The Bertz CT molecular complexity index is 368. The number of nitrogens with zero attached hydrogens (tertiary/aromatic N) is 1. The van der Waals surface area contributed by atoms with Gasteiger partial charge in [0.1, 0.15) is 5.76 Å². The van der Waals surface area contributed by atoms with Crippen molar-refractivity contribution in [2.45, 2.75) is 31.7 Å². The Labute approximate surface area is 121 Å². The van der Waals surface area contributed by atoms with Gasteiger partial charge >= 0.3 is 0 Å². The van der Waals surface area contributed by atoms with E-state index in [1.807, 2.05) is 6.07 Å². The lowest BCUT2D eigenvalue weighted by molar-refractivity contribution is 0.0655. The van der Waals surface area contributed by atoms with Crippen LogP contribution in [0.2, 0.25) is 0 Å². The van der Waals surface area contributed by atoms with Crippen LogP contribution in [0.3, 0.4) is 0 Å². The van der Waals surface area contributed by atoms with Gasteiger partial charge in [0.15, 0.2) is 0 Å². The van der Waals surface area contributed by atoms with Gasteiger partial charge in [0.25, 0.3) is 0 Å². The maximum Gasteiger partial charge on any atom is 0.122 e. The SMILES string of the molecule is c1coc(C(CNCC2CCOCC2)N2CCCC2)c1. The zero-order valence-corrected chi connectivity index (χ0v) is 12.2. The molecule has 112 valence electrons. The van der Waals surface area contributed by atoms with Gasteiger partial charge in [-0.2, -0.15) is 0 Å². The standard InChI is InChI=1S/C16H26N2O2/c1-2-8-18(7-1)15(16-4-3-9-20-16)13-17-12-14-5-10-19-11-6-14/h3-4,9,14-15,17H,1-2,5-8,10-13H2. The van der Waals surface area contributed by atoms with Gasteiger partial charge < -0.3 is 14.5 Å². The second-order valence-corrected chi connectivity index (χ2v) is 5.99. The summed E-state index contributed by atoms with van der Waals surface area (Å²) in [5.74, 6) is 1.88. The highest BCUT2D eigenvalue weighted by Gasteiger charge is 2.25. The van der Waals surface area contributed by atoms with Gasteiger partial charge in [-0.3, -0.25) is 4.90 Å². The van der Waals surface area contributed by atoms with E-state index >= 15 is 0 Å². The number of rotatable bonds is 6. The molecule has 0 bridgehead atoms. The molecule has 3 heterocycles. The molecule has 0 spiro atoms. The summed E-state index contributed by atoms with van der Waals surface area (Å²) in [7, 11) is 0. The van der Waals surface area contributed by atoms with Gasteiger partial charge in [-0.1, -0.05) is 0 Å². The third-order valence-electron chi connectivity index (χ3n) is 4.56. The monoisotopic (exact) mass is 278 g/mol. The number of ether oxygens (including phenoxy) is 1. The van der Waals surface area contributed by atoms with E-state index in [4.69, 9.17) is 9.15 Å². The molecule has 3 rings (SSSR count). The molecule has 1 aromatic rings. The van der Waals surface area contributed by atoms with E-state index in [2.05, 4.69) is 16.3 Å². The summed E-state index contributed by atoms with van der Waals surface area (Å²) in [6.07, 6.45) is 6.81. The molecule has 2 aliphatic rings. The van der Waals surface area contributed by atoms with Crippen molar-refractivity contribution in [1.82, 2.24) is 10.2 Å². The highest BCUT2D eigenvalue weighted by atomic mass is 16.5. The Morgan fingerprint density at radius 3 is 2.75 bits per heavy atom. The first-order valence-corrected chi connectivity index (χ1v) is 7.99. The summed E-state index contributed by atoms with van der Waals surface area (Å²) < 4.78 is 11.1. The molecular weight excluding hydrogens is 252 g/mol. The van der Waals surface area contributed by atoms with Crippen LogP contribution in [-0.4, -0.2) is 44.3 Å². The van der Waals surface area contributed by atoms with Crippen molar-refractivity contribution in [3.8, 4) is 0 Å². The lowest BCUT2D eigenvalue weighted by Crippen LogP contribution is -2.36. The average Bonchev–Trinajstić information content (AvgIpc) is 3.18. The minimum atomic E-state index is 0.396. The minimum absolute atomic E-state index is 0.396. The first-order chi connectivity index (χ1) is 9.93. The number of furan rings is 1. The fraction of sp³-hybridized carbons (Fsp3) is 0.750. The quantitative estimate of drug-likeness (QED) is 0.867. The molecule has 0 aromatic carbocycles. The number of hydrogen-bond donors (Lipinski definition) is 1. The number of hydrogen-bond acceptors (Lipinski definition) is 4. The van der Waals surface area contributed by atoms with Gasteiger partial charge in [0.05, 0.1) is 12.3 Å². The van der Waals surface area contributed by atoms with Gasteiger partial charge in [0, 0.05) is 19.8 Å². The summed E-state index contributed by atoms with van der Waals surface area (Å²) >= 11 is 0. The van der Waals surface area contributed by atoms with Gasteiger partial charge in [-0.25, -0.2) is 0 Å². The van der Waals surface area contributed by atoms with Crippen molar-refractivity contribution in [3.63, 3.8) is 0 Å². The molecule has 1 N–H and O–H groups in total. The third-order valence-corrected chi connectivity index (χ3v) is 4.56. The van der Waals surface area contributed by atoms with E-state index in [9.17, 15) is 0 Å². The van der Waals surface area contributed by atoms with Crippen LogP contribution in [0.15, 0.2) is 22.8 Å². The summed E-state index contributed by atoms with van der Waals surface area (Å²) in [5.41, 5.74) is 0. The maximum absolute atomic E-state index is 5.65. The number of nitrogens with one attached hydrogen (secondary N) is 1. The van der Waals surface area contributed by atoms with E-state index in [0.29, 0.717) is 6.04 Å². The molecule has 2 saturated heterocycles. The van der Waals surface area contributed by atoms with Crippen LogP contribution in [0.4, 0.5) is 0 Å². The van der Waals surface area contributed by atoms with Gasteiger partial charge in [-0.05, 0) is 63.4 Å². The van der Waals surface area contributed by atoms with Gasteiger partial charge in [0.2, 0.25) is 0 Å². The fourth-order valence-corrected chi connectivity index (χ4v) is 3.32. The Kier molecular flexibility index (Phi) is 5.12. The normalized spacial score (nSPS) is 23.2. The minimum Gasteiger partial charge on any atom is -0.468 e. The topological polar surface area (TPSA) is 37.6 Å². The number of likely N-dealkylation sites (tertiary alicyclic amines) is 1. The summed E-state index contributed by atoms with van der Waals surface area (Å²) in [6.45, 7) is 6.36. The van der Waals surface area contributed by atoms with Crippen molar-refractivity contribution in [3.05, 3.63) is 24.2 Å². The zero-order valence-electron chi connectivity index (χ0n) is 12.2. The molecule has 1 atom stereocenters. The summed E-state index contributed by atoms with van der Waals surface area (Å²) in [6, 6.07) is 4.50. The fourth-order valence-electron chi connectivity index (χ4n) is 3.32. The van der Waals surface area contributed by atoms with Crippen LogP contribution in [0.1, 0.15) is 37.5 Å². The Balaban J connectivity index is 1.50. The highest BCUT2D eigenvalue weighted by molar-refractivity contribution is 5.06. The molecule has 1 unspecified atom stereocenters. The lowest BCUT2D eigenvalue weighted by atomic mass is 10.0. The largest absolute Gasteiger partial charge is 0.468 e. The van der Waals surface area contributed by atoms with Crippen LogP contribution in [0, 0.1) is 5.92 Å². The second kappa shape index (κ2) is 7.25. The molecule has 1 aromatic heterocycles. The van der Waals surface area contributed by atoms with E-state index in [1.165, 1.54) is 38.8 Å². The molecule has 2 aliphatic heterocycles. The van der Waals surface area contributed by atoms with Crippen molar-refractivity contribution >= 4 is 0 Å². The first kappa shape index (κ1) is 14.1. The second-order valence-electron chi connectivity index (χ2n) is 5.99. The summed E-state index contributed by atoms with van der Waals surface area (Å²) in [5, 5.41) is 3.66. The lowest BCUT2D eigenvalue weighted by Gasteiger charge is -2.28. The Morgan fingerprint density at radius 2 is 2.05 bits per heavy atom. The molecule has 2 fully saturated rings. The molecule has 0 amide bonds. The van der Waals surface area contributed by atoms with E-state index in [1.54, 1.807) is 6.26 Å². The predicted molar refractivity (Wildman–Crippen MR) is 78.7 cm³/mol. The predicted octanol–water partition coefficient (Wildman–Crippen LogP) is 2.43. The molecule has 4 nitrogen and oxygen atoms in total. The van der Waals surface area contributed by atoms with Crippen molar-refractivity contribution in [2.75, 3.05) is 39.4 Å². The van der Waals surface area contributed by atoms with Gasteiger partial charge in [-0.15, -0.1) is 0 Å². The molecule has 0 saturated carbocycles. The molecule has 0 radical (unpaired) electrons. The van der Waals surface area contributed by atoms with E-state index < -0.39 is 0 Å². The Hall–Kier alpha value is -0.840.